The Bertz CT molecular complexity index is 949. The maximum Gasteiger partial charge on any atom is 0.316 e. The Balaban J connectivity index is 1.99. The summed E-state index contributed by atoms with van der Waals surface area (Å²) < 4.78 is 0. The van der Waals surface area contributed by atoms with E-state index in [1.807, 2.05) is 13.0 Å². The van der Waals surface area contributed by atoms with Crippen LogP contribution < -0.4 is 5.32 Å². The Kier molecular flexibility index (Phi) is 3.00. The number of carbonyl (C=O) groups excluding carboxylic acids is 1. The molecule has 2 heterocycles. The molecule has 4 rings (SSSR count). The molecule has 0 bridgehead atoms. The number of hydrogen-bond donors (Lipinski definition) is 2. The second-order valence-corrected chi connectivity index (χ2v) is 7.11. The number of aliphatic imine (C=N–C) groups is 1. The van der Waals surface area contributed by atoms with Crippen LogP contribution in [0.5, 0.6) is 0 Å². The van der Waals surface area contributed by atoms with E-state index < -0.39 is 5.91 Å². The normalized spacial score (nSPS) is 21.2. The molecule has 2 aromatic rings. The molecule has 0 saturated carbocycles. The van der Waals surface area contributed by atoms with Crippen LogP contribution in [0.4, 0.5) is 0 Å². The molecule has 1 aliphatic carbocycles. The van der Waals surface area contributed by atoms with Crippen molar-refractivity contribution in [2.45, 2.75) is 38.6 Å². The van der Waals surface area contributed by atoms with Gasteiger partial charge in [-0.1, -0.05) is 13.8 Å². The van der Waals surface area contributed by atoms with E-state index in [1.54, 1.807) is 12.1 Å². The molecule has 0 saturated heterocycles. The number of amidine groups is 1. The first-order chi connectivity index (χ1) is 11.4. The Hall–Kier alpha value is -2.76. The van der Waals surface area contributed by atoms with Gasteiger partial charge in [-0.2, -0.15) is 0 Å². The van der Waals surface area contributed by atoms with E-state index in [2.05, 4.69) is 35.5 Å². The second-order valence-electron chi connectivity index (χ2n) is 7.11. The van der Waals surface area contributed by atoms with Crippen LogP contribution in [-0.2, 0) is 5.41 Å². The minimum Gasteiger partial charge on any atom is -0.356 e. The zero-order valence-corrected chi connectivity index (χ0v) is 13.8. The highest BCUT2D eigenvalue weighted by Crippen LogP contribution is 2.49. The molecule has 0 fully saturated rings. The van der Waals surface area contributed by atoms with Gasteiger partial charge < -0.3 is 10.3 Å². The molecule has 1 aliphatic heterocycles. The van der Waals surface area contributed by atoms with Crippen molar-refractivity contribution >= 4 is 22.6 Å². The summed E-state index contributed by atoms with van der Waals surface area (Å²) in [4.78, 5) is 30.5. The monoisotopic (exact) mass is 322 g/mol. The number of fused-ring (bicyclic) bond motifs is 5. The molecular weight excluding hydrogens is 304 g/mol. The first kappa shape index (κ1) is 14.8. The van der Waals surface area contributed by atoms with E-state index in [0.29, 0.717) is 5.56 Å². The molecule has 1 amide bonds. The summed E-state index contributed by atoms with van der Waals surface area (Å²) in [5.74, 6) is 0.144. The fourth-order valence-electron chi connectivity index (χ4n) is 3.92. The van der Waals surface area contributed by atoms with Crippen LogP contribution in [0.3, 0.4) is 0 Å². The van der Waals surface area contributed by atoms with E-state index in [4.69, 9.17) is 4.99 Å². The molecule has 0 spiro atoms. The number of carbonyl (C=O) groups is 1. The largest absolute Gasteiger partial charge is 0.356 e. The fourth-order valence-corrected chi connectivity index (χ4v) is 3.92. The van der Waals surface area contributed by atoms with Gasteiger partial charge in [0, 0.05) is 33.5 Å². The second kappa shape index (κ2) is 4.87. The predicted molar refractivity (Wildman–Crippen MR) is 93.1 cm³/mol. The Morgan fingerprint density at radius 3 is 2.92 bits per heavy atom. The number of rotatable bonds is 1. The first-order valence-corrected chi connectivity index (χ1v) is 7.94. The molecular formula is C18H18N4O2. The molecule has 2 aliphatic rings. The van der Waals surface area contributed by atoms with Crippen LogP contribution in [0.2, 0.25) is 0 Å². The van der Waals surface area contributed by atoms with Crippen molar-refractivity contribution in [1.29, 1.82) is 0 Å². The van der Waals surface area contributed by atoms with Gasteiger partial charge in [0.1, 0.15) is 6.04 Å². The Morgan fingerprint density at radius 1 is 1.38 bits per heavy atom. The average Bonchev–Trinajstić information content (AvgIpc) is 2.94. The lowest BCUT2D eigenvalue weighted by Crippen LogP contribution is -2.32. The standard InChI is InChI=1S/C18H18N4O2/c1-9-19-8-11-7-18(2,3)14-12-6-10(17(23)22-24)4-5-13(12)21-16(14)15(11)20-9/h4-6,8,15,21H,7H2,1-3H3,(H,19,20). The highest BCUT2D eigenvalue weighted by atomic mass is 16.3. The van der Waals surface area contributed by atoms with Crippen LogP contribution in [0.1, 0.15) is 54.8 Å². The number of aromatic amines is 1. The van der Waals surface area contributed by atoms with Gasteiger partial charge in [-0.25, -0.2) is 0 Å². The zero-order chi connectivity index (χ0) is 17.1. The number of hydrogen-bond acceptors (Lipinski definition) is 4. The smallest absolute Gasteiger partial charge is 0.316 e. The molecule has 1 aromatic heterocycles. The molecule has 1 unspecified atom stereocenters. The van der Waals surface area contributed by atoms with Gasteiger partial charge in [0.05, 0.1) is 5.84 Å². The summed E-state index contributed by atoms with van der Waals surface area (Å²) in [6.45, 7) is 6.32. The molecule has 2 N–H and O–H groups in total. The summed E-state index contributed by atoms with van der Waals surface area (Å²) in [5, 5.41) is 6.70. The lowest BCUT2D eigenvalue weighted by molar-refractivity contribution is 0.100. The van der Waals surface area contributed by atoms with Gasteiger partial charge in [-0.05, 0) is 48.1 Å². The van der Waals surface area contributed by atoms with Crippen molar-refractivity contribution in [1.82, 2.24) is 10.3 Å². The van der Waals surface area contributed by atoms with Crippen LogP contribution in [0.15, 0.2) is 40.1 Å². The third kappa shape index (κ3) is 2.02. The first-order valence-electron chi connectivity index (χ1n) is 7.94. The van der Waals surface area contributed by atoms with E-state index in [9.17, 15) is 9.70 Å². The topological polar surface area (TPSA) is 86.7 Å². The minimum atomic E-state index is -0.739. The number of nitroso groups, excluding NO2 is 1. The van der Waals surface area contributed by atoms with E-state index in [1.165, 1.54) is 11.1 Å². The van der Waals surface area contributed by atoms with Crippen LogP contribution in [0.25, 0.3) is 10.9 Å². The zero-order valence-electron chi connectivity index (χ0n) is 13.8. The number of amides is 1. The van der Waals surface area contributed by atoms with Gasteiger partial charge >= 0.3 is 5.91 Å². The van der Waals surface area contributed by atoms with Crippen molar-refractivity contribution < 1.29 is 4.79 Å². The van der Waals surface area contributed by atoms with E-state index in [0.717, 1.165) is 28.9 Å². The lowest BCUT2D eigenvalue weighted by atomic mass is 9.70. The van der Waals surface area contributed by atoms with Crippen molar-refractivity contribution in [2.24, 2.45) is 10.2 Å². The lowest BCUT2D eigenvalue weighted by Gasteiger charge is -2.37. The maximum atomic E-state index is 11.7. The molecule has 1 atom stereocenters. The highest BCUT2D eigenvalue weighted by Gasteiger charge is 2.39. The summed E-state index contributed by atoms with van der Waals surface area (Å²) in [7, 11) is 0. The molecule has 6 nitrogen and oxygen atoms in total. The van der Waals surface area contributed by atoms with Gasteiger partial charge in [0.2, 0.25) is 0 Å². The van der Waals surface area contributed by atoms with Crippen LogP contribution in [0, 0.1) is 4.91 Å². The summed E-state index contributed by atoms with van der Waals surface area (Å²) in [6.07, 6.45) is 2.93. The van der Waals surface area contributed by atoms with E-state index >= 15 is 0 Å². The third-order valence-corrected chi connectivity index (χ3v) is 4.89. The average molecular weight is 322 g/mol. The molecule has 24 heavy (non-hydrogen) atoms. The van der Waals surface area contributed by atoms with Gasteiger partial charge in [-0.15, -0.1) is 4.91 Å². The van der Waals surface area contributed by atoms with Crippen LogP contribution >= 0.6 is 0 Å². The molecule has 1 aromatic carbocycles. The molecule has 122 valence electrons. The number of H-pyrrole nitrogens is 1. The maximum absolute atomic E-state index is 11.7. The number of nitrogens with one attached hydrogen (secondary N) is 2. The summed E-state index contributed by atoms with van der Waals surface area (Å²) >= 11 is 0. The van der Waals surface area contributed by atoms with Gasteiger partial charge in [-0.3, -0.25) is 9.79 Å². The number of benzene rings is 1. The van der Waals surface area contributed by atoms with Crippen molar-refractivity contribution in [3.05, 3.63) is 51.7 Å². The molecule has 0 radical (unpaired) electrons. The number of nitrogens with zero attached hydrogens (tertiary/aromatic N) is 2. The summed E-state index contributed by atoms with van der Waals surface area (Å²) in [5.41, 5.74) is 4.64. The van der Waals surface area contributed by atoms with Crippen molar-refractivity contribution in [3.8, 4) is 0 Å². The van der Waals surface area contributed by atoms with Gasteiger partial charge in [0.15, 0.2) is 0 Å². The predicted octanol–water partition coefficient (Wildman–Crippen LogP) is 3.70. The quantitative estimate of drug-likeness (QED) is 0.785. The molecule has 6 heteroatoms. The van der Waals surface area contributed by atoms with Gasteiger partial charge in [0.25, 0.3) is 0 Å². The minimum absolute atomic E-state index is 0.0231. The van der Waals surface area contributed by atoms with E-state index in [-0.39, 0.29) is 11.5 Å². The summed E-state index contributed by atoms with van der Waals surface area (Å²) in [6, 6.07) is 5.21. The SMILES string of the molecule is CC1=NC2C(=CN1)CC(C)(C)c1c2[nH]c2ccc(C(=O)N=O)cc12. The van der Waals surface area contributed by atoms with Crippen molar-refractivity contribution in [2.75, 3.05) is 0 Å². The fraction of sp³-hybridized carbons (Fsp3) is 0.333. The van der Waals surface area contributed by atoms with Crippen LogP contribution in [-0.4, -0.2) is 16.7 Å². The Morgan fingerprint density at radius 2 is 2.17 bits per heavy atom. The highest BCUT2D eigenvalue weighted by molar-refractivity contribution is 6.00. The van der Waals surface area contributed by atoms with Crippen molar-refractivity contribution in [3.63, 3.8) is 0 Å². The number of aromatic nitrogens is 1. The third-order valence-electron chi connectivity index (χ3n) is 4.89. The Labute approximate surface area is 139 Å².